The number of ether oxygens (including phenoxy) is 1. The van der Waals surface area contributed by atoms with Gasteiger partial charge in [-0.25, -0.2) is 0 Å². The summed E-state index contributed by atoms with van der Waals surface area (Å²) in [4.78, 5) is 0. The summed E-state index contributed by atoms with van der Waals surface area (Å²) in [7, 11) is 0. The number of hydrogen-bond donors (Lipinski definition) is 0. The third-order valence-corrected chi connectivity index (χ3v) is 4.30. The number of rotatable bonds is 4. The van der Waals surface area contributed by atoms with Gasteiger partial charge in [-0.3, -0.25) is 0 Å². The Morgan fingerprint density at radius 3 is 2.35 bits per heavy atom. The molecule has 2 aromatic carbocycles. The molecule has 104 valence electrons. The van der Waals surface area contributed by atoms with Crippen LogP contribution >= 0.6 is 11.6 Å². The maximum absolute atomic E-state index is 6.50. The van der Waals surface area contributed by atoms with Crippen molar-refractivity contribution in [1.82, 2.24) is 0 Å². The minimum atomic E-state index is 0.0444. The van der Waals surface area contributed by atoms with Gasteiger partial charge >= 0.3 is 0 Å². The van der Waals surface area contributed by atoms with Crippen LogP contribution in [-0.2, 0) is 4.74 Å². The van der Waals surface area contributed by atoms with Crippen molar-refractivity contribution < 1.29 is 4.74 Å². The molecule has 0 radical (unpaired) electrons. The lowest BCUT2D eigenvalue weighted by Gasteiger charge is -2.15. The zero-order chi connectivity index (χ0) is 13.8. The third-order valence-electron chi connectivity index (χ3n) is 3.87. The Labute approximate surface area is 125 Å². The predicted molar refractivity (Wildman–Crippen MR) is 84.1 cm³/mol. The van der Waals surface area contributed by atoms with Gasteiger partial charge in [-0.05, 0) is 36.0 Å². The fourth-order valence-corrected chi connectivity index (χ4v) is 3.06. The van der Waals surface area contributed by atoms with Crippen LogP contribution in [0.25, 0.3) is 11.1 Å². The lowest BCUT2D eigenvalue weighted by Crippen LogP contribution is -2.08. The number of alkyl halides is 1. The fraction of sp³-hybridized carbons (Fsp3) is 0.333. The number of halogens is 1. The highest BCUT2D eigenvalue weighted by atomic mass is 35.5. The summed E-state index contributed by atoms with van der Waals surface area (Å²) in [5.74, 6) is 0. The molecule has 2 heteroatoms. The van der Waals surface area contributed by atoms with Gasteiger partial charge in [0.25, 0.3) is 0 Å². The van der Waals surface area contributed by atoms with Gasteiger partial charge < -0.3 is 4.74 Å². The van der Waals surface area contributed by atoms with E-state index in [1.54, 1.807) is 0 Å². The summed E-state index contributed by atoms with van der Waals surface area (Å²) >= 11 is 6.50. The predicted octanol–water partition coefficient (Wildman–Crippen LogP) is 5.20. The molecule has 20 heavy (non-hydrogen) atoms. The van der Waals surface area contributed by atoms with Crippen LogP contribution in [0.2, 0.25) is 0 Å². The lowest BCUT2D eigenvalue weighted by atomic mass is 10.0. The van der Waals surface area contributed by atoms with Gasteiger partial charge in [0.1, 0.15) is 0 Å². The SMILES string of the molecule is ClC(CC1CCCO1)c1ccc(-c2ccccc2)cc1. The van der Waals surface area contributed by atoms with Gasteiger partial charge in [-0.1, -0.05) is 54.6 Å². The first kappa shape index (κ1) is 13.7. The summed E-state index contributed by atoms with van der Waals surface area (Å²) in [6.45, 7) is 0.890. The molecule has 0 bridgehead atoms. The highest BCUT2D eigenvalue weighted by molar-refractivity contribution is 6.20. The topological polar surface area (TPSA) is 9.23 Å². The Morgan fingerprint density at radius 1 is 1.00 bits per heavy atom. The molecule has 2 unspecified atom stereocenters. The van der Waals surface area contributed by atoms with Crippen LogP contribution in [0.5, 0.6) is 0 Å². The monoisotopic (exact) mass is 286 g/mol. The zero-order valence-corrected chi connectivity index (χ0v) is 12.2. The van der Waals surface area contributed by atoms with Crippen molar-refractivity contribution in [1.29, 1.82) is 0 Å². The van der Waals surface area contributed by atoms with Crippen molar-refractivity contribution in [2.24, 2.45) is 0 Å². The lowest BCUT2D eigenvalue weighted by molar-refractivity contribution is 0.103. The molecule has 2 aromatic rings. The molecular weight excluding hydrogens is 268 g/mol. The van der Waals surface area contributed by atoms with Crippen molar-refractivity contribution in [3.8, 4) is 11.1 Å². The molecule has 1 fully saturated rings. The molecule has 1 heterocycles. The molecule has 1 nitrogen and oxygen atoms in total. The fourth-order valence-electron chi connectivity index (χ4n) is 2.71. The Kier molecular flexibility index (Phi) is 4.39. The molecule has 2 atom stereocenters. The van der Waals surface area contributed by atoms with E-state index in [4.69, 9.17) is 16.3 Å². The molecule has 1 aliphatic rings. The number of hydrogen-bond acceptors (Lipinski definition) is 1. The van der Waals surface area contributed by atoms with Gasteiger partial charge in [-0.15, -0.1) is 11.6 Å². The van der Waals surface area contributed by atoms with Crippen LogP contribution in [0.3, 0.4) is 0 Å². The van der Waals surface area contributed by atoms with E-state index in [0.29, 0.717) is 6.10 Å². The van der Waals surface area contributed by atoms with Crippen LogP contribution in [-0.4, -0.2) is 12.7 Å². The van der Waals surface area contributed by atoms with E-state index < -0.39 is 0 Å². The third kappa shape index (κ3) is 3.23. The summed E-state index contributed by atoms with van der Waals surface area (Å²) in [6.07, 6.45) is 3.56. The molecule has 0 spiro atoms. The zero-order valence-electron chi connectivity index (χ0n) is 11.5. The quantitative estimate of drug-likeness (QED) is 0.702. The van der Waals surface area contributed by atoms with Crippen LogP contribution in [0, 0.1) is 0 Å². The van der Waals surface area contributed by atoms with Crippen molar-refractivity contribution >= 4 is 11.6 Å². The minimum Gasteiger partial charge on any atom is -0.378 e. The van der Waals surface area contributed by atoms with Crippen LogP contribution in [0.4, 0.5) is 0 Å². The smallest absolute Gasteiger partial charge is 0.0609 e. The van der Waals surface area contributed by atoms with Gasteiger partial charge in [-0.2, -0.15) is 0 Å². The molecule has 0 amide bonds. The van der Waals surface area contributed by atoms with E-state index in [0.717, 1.165) is 19.4 Å². The van der Waals surface area contributed by atoms with Gasteiger partial charge in [0, 0.05) is 6.61 Å². The molecular formula is C18H19ClO. The van der Waals surface area contributed by atoms with Crippen molar-refractivity contribution in [2.45, 2.75) is 30.7 Å². The average Bonchev–Trinajstić information content (AvgIpc) is 3.01. The van der Waals surface area contributed by atoms with E-state index in [1.807, 2.05) is 6.07 Å². The molecule has 0 aromatic heterocycles. The average molecular weight is 287 g/mol. The Balaban J connectivity index is 1.69. The van der Waals surface area contributed by atoms with Crippen LogP contribution < -0.4 is 0 Å². The Morgan fingerprint density at radius 2 is 1.70 bits per heavy atom. The molecule has 1 saturated heterocycles. The second-order valence-corrected chi connectivity index (χ2v) is 5.85. The summed E-state index contributed by atoms with van der Waals surface area (Å²) in [5.41, 5.74) is 3.65. The van der Waals surface area contributed by atoms with E-state index in [-0.39, 0.29) is 5.38 Å². The second kappa shape index (κ2) is 6.43. The van der Waals surface area contributed by atoms with Crippen molar-refractivity contribution in [3.05, 3.63) is 60.2 Å². The molecule has 3 rings (SSSR count). The van der Waals surface area contributed by atoms with E-state index >= 15 is 0 Å². The van der Waals surface area contributed by atoms with E-state index in [2.05, 4.69) is 48.5 Å². The molecule has 0 saturated carbocycles. The molecule has 1 aliphatic heterocycles. The number of benzene rings is 2. The van der Waals surface area contributed by atoms with Crippen molar-refractivity contribution in [3.63, 3.8) is 0 Å². The largest absolute Gasteiger partial charge is 0.378 e. The van der Waals surface area contributed by atoms with Crippen LogP contribution in [0.1, 0.15) is 30.2 Å². The van der Waals surface area contributed by atoms with Crippen LogP contribution in [0.15, 0.2) is 54.6 Å². The van der Waals surface area contributed by atoms with Gasteiger partial charge in [0.2, 0.25) is 0 Å². The highest BCUT2D eigenvalue weighted by Gasteiger charge is 2.20. The van der Waals surface area contributed by atoms with Crippen molar-refractivity contribution in [2.75, 3.05) is 6.61 Å². The maximum Gasteiger partial charge on any atom is 0.0609 e. The highest BCUT2D eigenvalue weighted by Crippen LogP contribution is 2.31. The second-order valence-electron chi connectivity index (χ2n) is 5.33. The first-order chi connectivity index (χ1) is 9.83. The maximum atomic E-state index is 6.50. The Hall–Kier alpha value is -1.31. The van der Waals surface area contributed by atoms with E-state index in [1.165, 1.54) is 23.1 Å². The minimum absolute atomic E-state index is 0.0444. The molecule has 0 aliphatic carbocycles. The molecule has 0 N–H and O–H groups in total. The summed E-state index contributed by atoms with van der Waals surface area (Å²) in [5, 5.41) is 0.0444. The first-order valence-electron chi connectivity index (χ1n) is 7.24. The summed E-state index contributed by atoms with van der Waals surface area (Å²) < 4.78 is 5.65. The van der Waals surface area contributed by atoms with Gasteiger partial charge in [0.05, 0.1) is 11.5 Å². The standard InChI is InChI=1S/C18H19ClO/c19-18(13-17-7-4-12-20-17)16-10-8-15(9-11-16)14-5-2-1-3-6-14/h1-3,5-6,8-11,17-18H,4,7,12-13H2. The van der Waals surface area contributed by atoms with E-state index in [9.17, 15) is 0 Å². The van der Waals surface area contributed by atoms with Gasteiger partial charge in [0.15, 0.2) is 0 Å². The first-order valence-corrected chi connectivity index (χ1v) is 7.67. The normalized spacial score (nSPS) is 19.9. The Bertz CT molecular complexity index is 529. The summed E-state index contributed by atoms with van der Waals surface area (Å²) in [6, 6.07) is 19.0.